The smallest absolute Gasteiger partial charge is 0.126 e. The standard InChI is InChI=1S/C19H22O/c1-12(2)15-6-8-16(9-7-15)18-11-20-19-14(4)13(3)5-10-17(18)19/h5-10,12,18H,11H2,1-4H3/t18-/m0/s1. The summed E-state index contributed by atoms with van der Waals surface area (Å²) in [6.07, 6.45) is 0. The zero-order valence-electron chi connectivity index (χ0n) is 12.7. The molecule has 0 saturated carbocycles. The largest absolute Gasteiger partial charge is 0.492 e. The van der Waals surface area contributed by atoms with Crippen LogP contribution in [-0.2, 0) is 0 Å². The van der Waals surface area contributed by atoms with Crippen LogP contribution < -0.4 is 4.74 Å². The molecular weight excluding hydrogens is 244 g/mol. The van der Waals surface area contributed by atoms with Crippen LogP contribution in [-0.4, -0.2) is 6.61 Å². The molecular formula is C19H22O. The third kappa shape index (κ3) is 2.11. The molecule has 0 aliphatic carbocycles. The fourth-order valence-electron chi connectivity index (χ4n) is 2.92. The second kappa shape index (κ2) is 4.97. The number of fused-ring (bicyclic) bond motifs is 1. The van der Waals surface area contributed by atoms with Crippen LogP contribution in [0, 0.1) is 13.8 Å². The Morgan fingerprint density at radius 1 is 1.00 bits per heavy atom. The summed E-state index contributed by atoms with van der Waals surface area (Å²) in [7, 11) is 0. The highest BCUT2D eigenvalue weighted by atomic mass is 16.5. The van der Waals surface area contributed by atoms with E-state index in [1.807, 2.05) is 0 Å². The molecule has 20 heavy (non-hydrogen) atoms. The Labute approximate surface area is 121 Å². The molecule has 1 aliphatic rings. The van der Waals surface area contributed by atoms with Gasteiger partial charge >= 0.3 is 0 Å². The monoisotopic (exact) mass is 266 g/mol. The highest BCUT2D eigenvalue weighted by Crippen LogP contribution is 2.41. The molecule has 1 heteroatoms. The van der Waals surface area contributed by atoms with Crippen molar-refractivity contribution in [2.75, 3.05) is 6.61 Å². The lowest BCUT2D eigenvalue weighted by molar-refractivity contribution is 0.341. The third-order valence-corrected chi connectivity index (χ3v) is 4.48. The van der Waals surface area contributed by atoms with E-state index in [2.05, 4.69) is 64.1 Å². The molecule has 0 saturated heterocycles. The SMILES string of the molecule is Cc1ccc2c(c1C)OC[C@H]2c1ccc(C(C)C)cc1. The molecule has 0 spiro atoms. The number of ether oxygens (including phenoxy) is 1. The summed E-state index contributed by atoms with van der Waals surface area (Å²) >= 11 is 0. The van der Waals surface area contributed by atoms with Gasteiger partial charge in [0.05, 0.1) is 6.61 Å². The van der Waals surface area contributed by atoms with Gasteiger partial charge in [0.15, 0.2) is 0 Å². The minimum absolute atomic E-state index is 0.380. The summed E-state index contributed by atoms with van der Waals surface area (Å²) in [5, 5.41) is 0. The number of hydrogen-bond acceptors (Lipinski definition) is 1. The van der Waals surface area contributed by atoms with Gasteiger partial charge in [0.25, 0.3) is 0 Å². The van der Waals surface area contributed by atoms with E-state index in [9.17, 15) is 0 Å². The predicted octanol–water partition coefficient (Wildman–Crippen LogP) is 4.95. The first-order valence-corrected chi connectivity index (χ1v) is 7.40. The summed E-state index contributed by atoms with van der Waals surface area (Å²) < 4.78 is 5.95. The van der Waals surface area contributed by atoms with Crippen LogP contribution in [0.5, 0.6) is 5.75 Å². The van der Waals surface area contributed by atoms with E-state index in [-0.39, 0.29) is 0 Å². The average Bonchev–Trinajstić information content (AvgIpc) is 2.87. The van der Waals surface area contributed by atoms with Gasteiger partial charge < -0.3 is 4.74 Å². The van der Waals surface area contributed by atoms with Crippen LogP contribution in [0.1, 0.15) is 53.5 Å². The normalized spacial score (nSPS) is 17.1. The molecule has 1 atom stereocenters. The van der Waals surface area contributed by atoms with Gasteiger partial charge in [0, 0.05) is 11.5 Å². The van der Waals surface area contributed by atoms with E-state index in [0.717, 1.165) is 12.4 Å². The number of benzene rings is 2. The van der Waals surface area contributed by atoms with Crippen molar-refractivity contribution in [1.29, 1.82) is 0 Å². The van der Waals surface area contributed by atoms with Gasteiger partial charge in [-0.25, -0.2) is 0 Å². The van der Waals surface area contributed by atoms with E-state index in [0.29, 0.717) is 11.8 Å². The minimum atomic E-state index is 0.380. The van der Waals surface area contributed by atoms with E-state index < -0.39 is 0 Å². The van der Waals surface area contributed by atoms with Crippen LogP contribution >= 0.6 is 0 Å². The maximum absolute atomic E-state index is 5.95. The molecule has 1 nitrogen and oxygen atoms in total. The van der Waals surface area contributed by atoms with Crippen molar-refractivity contribution in [3.05, 3.63) is 64.2 Å². The Balaban J connectivity index is 1.97. The van der Waals surface area contributed by atoms with Crippen molar-refractivity contribution >= 4 is 0 Å². The highest BCUT2D eigenvalue weighted by Gasteiger charge is 2.27. The molecule has 2 aromatic carbocycles. The summed E-state index contributed by atoms with van der Waals surface area (Å²) in [6.45, 7) is 9.52. The van der Waals surface area contributed by atoms with Crippen molar-refractivity contribution in [2.45, 2.75) is 39.5 Å². The Morgan fingerprint density at radius 3 is 2.35 bits per heavy atom. The fraction of sp³-hybridized carbons (Fsp3) is 0.368. The Morgan fingerprint density at radius 2 is 1.70 bits per heavy atom. The fourth-order valence-corrected chi connectivity index (χ4v) is 2.92. The first-order chi connectivity index (χ1) is 9.58. The van der Waals surface area contributed by atoms with Gasteiger partial charge in [-0.15, -0.1) is 0 Å². The van der Waals surface area contributed by atoms with E-state index in [1.165, 1.54) is 27.8 Å². The predicted molar refractivity (Wildman–Crippen MR) is 83.8 cm³/mol. The third-order valence-electron chi connectivity index (χ3n) is 4.48. The van der Waals surface area contributed by atoms with Crippen LogP contribution in [0.2, 0.25) is 0 Å². The molecule has 3 rings (SSSR count). The van der Waals surface area contributed by atoms with Crippen molar-refractivity contribution in [3.8, 4) is 5.75 Å². The lowest BCUT2D eigenvalue weighted by Crippen LogP contribution is -2.02. The summed E-state index contributed by atoms with van der Waals surface area (Å²) in [5.74, 6) is 2.06. The summed E-state index contributed by atoms with van der Waals surface area (Å²) in [5.41, 5.74) is 6.68. The maximum atomic E-state index is 5.95. The number of hydrogen-bond donors (Lipinski definition) is 0. The molecule has 0 amide bonds. The Kier molecular flexibility index (Phi) is 3.29. The molecule has 104 valence electrons. The average molecular weight is 266 g/mol. The van der Waals surface area contributed by atoms with Gasteiger partial charge in [-0.1, -0.05) is 50.2 Å². The second-order valence-electron chi connectivity index (χ2n) is 6.11. The Hall–Kier alpha value is -1.76. The highest BCUT2D eigenvalue weighted by molar-refractivity contribution is 5.52. The van der Waals surface area contributed by atoms with Crippen molar-refractivity contribution in [2.24, 2.45) is 0 Å². The first kappa shape index (κ1) is 13.2. The molecule has 0 bridgehead atoms. The van der Waals surface area contributed by atoms with E-state index >= 15 is 0 Å². The number of rotatable bonds is 2. The molecule has 0 fully saturated rings. The molecule has 0 radical (unpaired) electrons. The van der Waals surface area contributed by atoms with Crippen molar-refractivity contribution < 1.29 is 4.74 Å². The maximum Gasteiger partial charge on any atom is 0.126 e. The summed E-state index contributed by atoms with van der Waals surface area (Å²) in [6, 6.07) is 13.4. The van der Waals surface area contributed by atoms with E-state index in [1.54, 1.807) is 0 Å². The second-order valence-corrected chi connectivity index (χ2v) is 6.11. The first-order valence-electron chi connectivity index (χ1n) is 7.40. The van der Waals surface area contributed by atoms with E-state index in [4.69, 9.17) is 4.74 Å². The van der Waals surface area contributed by atoms with Crippen LogP contribution in [0.25, 0.3) is 0 Å². The van der Waals surface area contributed by atoms with Gasteiger partial charge in [-0.05, 0) is 42.0 Å². The van der Waals surface area contributed by atoms with Gasteiger partial charge in [-0.3, -0.25) is 0 Å². The van der Waals surface area contributed by atoms with Crippen molar-refractivity contribution in [3.63, 3.8) is 0 Å². The topological polar surface area (TPSA) is 9.23 Å². The van der Waals surface area contributed by atoms with Crippen LogP contribution in [0.15, 0.2) is 36.4 Å². The lowest BCUT2D eigenvalue weighted by Gasteiger charge is -2.12. The molecule has 0 aromatic heterocycles. The molecule has 1 aliphatic heterocycles. The number of aryl methyl sites for hydroxylation is 1. The van der Waals surface area contributed by atoms with Crippen LogP contribution in [0.4, 0.5) is 0 Å². The van der Waals surface area contributed by atoms with Gasteiger partial charge in [0.2, 0.25) is 0 Å². The molecule has 2 aromatic rings. The lowest BCUT2D eigenvalue weighted by atomic mass is 9.90. The zero-order chi connectivity index (χ0) is 14.3. The molecule has 0 N–H and O–H groups in total. The van der Waals surface area contributed by atoms with Gasteiger partial charge in [0.1, 0.15) is 5.75 Å². The molecule has 1 heterocycles. The van der Waals surface area contributed by atoms with Crippen molar-refractivity contribution in [1.82, 2.24) is 0 Å². The summed E-state index contributed by atoms with van der Waals surface area (Å²) in [4.78, 5) is 0. The molecule has 0 unspecified atom stereocenters. The Bertz CT molecular complexity index is 623. The quantitative estimate of drug-likeness (QED) is 0.747. The van der Waals surface area contributed by atoms with Crippen LogP contribution in [0.3, 0.4) is 0 Å². The van der Waals surface area contributed by atoms with Gasteiger partial charge in [-0.2, -0.15) is 0 Å². The minimum Gasteiger partial charge on any atom is -0.492 e. The zero-order valence-corrected chi connectivity index (χ0v) is 12.7.